The minimum Gasteiger partial charge on any atom is -0.506 e. The summed E-state index contributed by atoms with van der Waals surface area (Å²) in [6.45, 7) is 4.15. The Kier molecular flexibility index (Phi) is 5.42. The fourth-order valence-electron chi connectivity index (χ4n) is 2.15. The zero-order valence-electron chi connectivity index (χ0n) is 12.9. The van der Waals surface area contributed by atoms with Crippen molar-refractivity contribution in [1.29, 1.82) is 0 Å². The number of benzene rings is 2. The molecule has 0 aliphatic rings. The number of ether oxygens (including phenoxy) is 1. The first-order valence-corrected chi connectivity index (χ1v) is 7.41. The number of anilines is 1. The van der Waals surface area contributed by atoms with Gasteiger partial charge < -0.3 is 15.2 Å². The second-order valence-electron chi connectivity index (χ2n) is 5.20. The summed E-state index contributed by atoms with van der Waals surface area (Å²) in [6.07, 6.45) is 1.00. The van der Waals surface area contributed by atoms with Crippen LogP contribution < -0.4 is 10.1 Å². The van der Waals surface area contributed by atoms with Crippen molar-refractivity contribution in [1.82, 2.24) is 0 Å². The molecule has 0 heterocycles. The van der Waals surface area contributed by atoms with Gasteiger partial charge in [0.15, 0.2) is 6.61 Å². The summed E-state index contributed by atoms with van der Waals surface area (Å²) in [5.41, 5.74) is 1.48. The molecule has 116 valence electrons. The molecule has 0 fully saturated rings. The van der Waals surface area contributed by atoms with Crippen molar-refractivity contribution in [3.05, 3.63) is 54.1 Å². The molecule has 0 spiro atoms. The number of nitrogens with one attached hydrogen (secondary N) is 1. The highest BCUT2D eigenvalue weighted by molar-refractivity contribution is 5.93. The summed E-state index contributed by atoms with van der Waals surface area (Å²) in [6, 6.07) is 14.4. The first-order chi connectivity index (χ1) is 10.6. The van der Waals surface area contributed by atoms with Crippen molar-refractivity contribution in [2.45, 2.75) is 26.2 Å². The van der Waals surface area contributed by atoms with Crippen LogP contribution in [0.4, 0.5) is 5.69 Å². The molecule has 0 radical (unpaired) electrons. The first kappa shape index (κ1) is 15.9. The summed E-state index contributed by atoms with van der Waals surface area (Å²) in [4.78, 5) is 11.9. The average molecular weight is 299 g/mol. The van der Waals surface area contributed by atoms with Crippen LogP contribution >= 0.6 is 0 Å². The summed E-state index contributed by atoms with van der Waals surface area (Å²) in [7, 11) is 0. The molecule has 2 aromatic carbocycles. The van der Waals surface area contributed by atoms with E-state index in [9.17, 15) is 9.90 Å². The minimum atomic E-state index is -0.305. The van der Waals surface area contributed by atoms with E-state index in [2.05, 4.69) is 19.2 Å². The van der Waals surface area contributed by atoms with Gasteiger partial charge in [-0.05, 0) is 36.1 Å². The van der Waals surface area contributed by atoms with Crippen LogP contribution in [0.15, 0.2) is 48.5 Å². The van der Waals surface area contributed by atoms with E-state index in [1.54, 1.807) is 18.2 Å². The highest BCUT2D eigenvalue weighted by Gasteiger charge is 2.11. The fourth-order valence-corrected chi connectivity index (χ4v) is 2.15. The molecule has 0 aliphatic carbocycles. The Morgan fingerprint density at radius 3 is 2.59 bits per heavy atom. The molecule has 22 heavy (non-hydrogen) atoms. The number of phenolic OH excluding ortho intramolecular Hbond substituents is 1. The lowest BCUT2D eigenvalue weighted by atomic mass is 9.98. The van der Waals surface area contributed by atoms with Gasteiger partial charge in [0.05, 0.1) is 5.69 Å². The predicted octanol–water partition coefficient (Wildman–Crippen LogP) is 3.92. The SMILES string of the molecule is CCC(C)c1ccccc1OCC(=O)Nc1ccccc1O. The number of phenols is 1. The normalized spacial score (nSPS) is 11.7. The number of hydrogen-bond donors (Lipinski definition) is 2. The topological polar surface area (TPSA) is 58.6 Å². The van der Waals surface area contributed by atoms with Crippen molar-refractivity contribution >= 4 is 11.6 Å². The maximum absolute atomic E-state index is 11.9. The van der Waals surface area contributed by atoms with Gasteiger partial charge in [-0.3, -0.25) is 4.79 Å². The molecule has 0 saturated heterocycles. The van der Waals surface area contributed by atoms with E-state index in [1.807, 2.05) is 24.3 Å². The van der Waals surface area contributed by atoms with Gasteiger partial charge in [-0.2, -0.15) is 0 Å². The van der Waals surface area contributed by atoms with Gasteiger partial charge in [-0.1, -0.05) is 44.2 Å². The molecule has 1 atom stereocenters. The Morgan fingerprint density at radius 1 is 1.18 bits per heavy atom. The Labute approximate surface area is 130 Å². The van der Waals surface area contributed by atoms with Crippen molar-refractivity contribution < 1.29 is 14.6 Å². The van der Waals surface area contributed by atoms with Crippen LogP contribution in [0.1, 0.15) is 31.7 Å². The first-order valence-electron chi connectivity index (χ1n) is 7.41. The van der Waals surface area contributed by atoms with E-state index in [0.717, 1.165) is 17.7 Å². The van der Waals surface area contributed by atoms with Gasteiger partial charge in [0.2, 0.25) is 0 Å². The summed E-state index contributed by atoms with van der Waals surface area (Å²) >= 11 is 0. The van der Waals surface area contributed by atoms with E-state index in [0.29, 0.717) is 11.6 Å². The quantitative estimate of drug-likeness (QED) is 0.795. The van der Waals surface area contributed by atoms with Crippen molar-refractivity contribution in [3.8, 4) is 11.5 Å². The van der Waals surface area contributed by atoms with Crippen molar-refractivity contribution in [2.75, 3.05) is 11.9 Å². The molecular weight excluding hydrogens is 278 g/mol. The zero-order valence-corrected chi connectivity index (χ0v) is 12.9. The smallest absolute Gasteiger partial charge is 0.262 e. The lowest BCUT2D eigenvalue weighted by Crippen LogP contribution is -2.20. The summed E-state index contributed by atoms with van der Waals surface area (Å²) < 4.78 is 5.64. The number of rotatable bonds is 6. The van der Waals surface area contributed by atoms with Crippen molar-refractivity contribution in [3.63, 3.8) is 0 Å². The third kappa shape index (κ3) is 4.01. The lowest BCUT2D eigenvalue weighted by Gasteiger charge is -2.15. The van der Waals surface area contributed by atoms with E-state index in [-0.39, 0.29) is 18.3 Å². The van der Waals surface area contributed by atoms with Crippen LogP contribution in [0.2, 0.25) is 0 Å². The molecule has 0 bridgehead atoms. The van der Waals surface area contributed by atoms with Crippen LogP contribution in [0, 0.1) is 0 Å². The van der Waals surface area contributed by atoms with E-state index >= 15 is 0 Å². The van der Waals surface area contributed by atoms with Crippen LogP contribution in [0.25, 0.3) is 0 Å². The Morgan fingerprint density at radius 2 is 1.86 bits per heavy atom. The largest absolute Gasteiger partial charge is 0.506 e. The lowest BCUT2D eigenvalue weighted by molar-refractivity contribution is -0.118. The fraction of sp³-hybridized carbons (Fsp3) is 0.278. The highest BCUT2D eigenvalue weighted by Crippen LogP contribution is 2.28. The maximum Gasteiger partial charge on any atom is 0.262 e. The molecule has 0 aromatic heterocycles. The van der Waals surface area contributed by atoms with Gasteiger partial charge >= 0.3 is 0 Å². The number of carbonyl (C=O) groups excluding carboxylic acids is 1. The summed E-state index contributed by atoms with van der Waals surface area (Å²) in [5.74, 6) is 0.832. The second kappa shape index (κ2) is 7.50. The number of aromatic hydroxyl groups is 1. The van der Waals surface area contributed by atoms with E-state index in [4.69, 9.17) is 4.74 Å². The van der Waals surface area contributed by atoms with Crippen LogP contribution in [0.3, 0.4) is 0 Å². The zero-order chi connectivity index (χ0) is 15.9. The molecule has 1 amide bonds. The van der Waals surface area contributed by atoms with Crippen LogP contribution in [-0.4, -0.2) is 17.6 Å². The monoisotopic (exact) mass is 299 g/mol. The van der Waals surface area contributed by atoms with Crippen LogP contribution in [-0.2, 0) is 4.79 Å². The Bertz CT molecular complexity index is 640. The molecule has 0 aliphatic heterocycles. The molecular formula is C18H21NO3. The molecule has 2 N–H and O–H groups in total. The van der Waals surface area contributed by atoms with Gasteiger partial charge in [-0.25, -0.2) is 0 Å². The average Bonchev–Trinajstić information content (AvgIpc) is 2.54. The number of amides is 1. The van der Waals surface area contributed by atoms with Gasteiger partial charge in [0, 0.05) is 0 Å². The van der Waals surface area contributed by atoms with Gasteiger partial charge in [0.25, 0.3) is 5.91 Å². The Hall–Kier alpha value is -2.49. The number of hydrogen-bond acceptors (Lipinski definition) is 3. The Balaban J connectivity index is 1.99. The second-order valence-corrected chi connectivity index (χ2v) is 5.20. The molecule has 2 rings (SSSR count). The van der Waals surface area contributed by atoms with E-state index < -0.39 is 0 Å². The van der Waals surface area contributed by atoms with Gasteiger partial charge in [0.1, 0.15) is 11.5 Å². The molecule has 4 nitrogen and oxygen atoms in total. The molecule has 2 aromatic rings. The van der Waals surface area contributed by atoms with Crippen molar-refractivity contribution in [2.24, 2.45) is 0 Å². The number of carbonyl (C=O) groups is 1. The standard InChI is InChI=1S/C18H21NO3/c1-3-13(2)14-8-4-7-11-17(14)22-12-18(21)19-15-9-5-6-10-16(15)20/h4-11,13,20H,3,12H2,1-2H3,(H,19,21). The predicted molar refractivity (Wildman–Crippen MR) is 87.4 cm³/mol. The molecule has 4 heteroatoms. The summed E-state index contributed by atoms with van der Waals surface area (Å²) in [5, 5.41) is 12.3. The minimum absolute atomic E-state index is 0.0378. The third-order valence-electron chi connectivity index (χ3n) is 3.60. The maximum atomic E-state index is 11.9. The highest BCUT2D eigenvalue weighted by atomic mass is 16.5. The molecule has 1 unspecified atom stereocenters. The van der Waals surface area contributed by atoms with Gasteiger partial charge in [-0.15, -0.1) is 0 Å². The third-order valence-corrected chi connectivity index (χ3v) is 3.60. The number of para-hydroxylation sites is 3. The van der Waals surface area contributed by atoms with E-state index in [1.165, 1.54) is 6.07 Å². The van der Waals surface area contributed by atoms with Crippen LogP contribution in [0.5, 0.6) is 11.5 Å². The molecule has 0 saturated carbocycles.